The van der Waals surface area contributed by atoms with Crippen LogP contribution in [0.5, 0.6) is 0 Å². The lowest BCUT2D eigenvalue weighted by atomic mass is 9.91. The largest absolute Gasteiger partial charge is 0.398 e. The quantitative estimate of drug-likeness (QED) is 0.356. The Balaban J connectivity index is 1.57. The molecule has 0 saturated heterocycles. The van der Waals surface area contributed by atoms with E-state index in [1.807, 2.05) is 31.2 Å². The van der Waals surface area contributed by atoms with Crippen molar-refractivity contribution in [2.24, 2.45) is 0 Å². The third kappa shape index (κ3) is 5.35. The molecular formula is C33H35F2N3O3. The molecule has 3 aromatic rings. The molecule has 0 bridgehead atoms. The molecule has 1 aliphatic carbocycles. The van der Waals surface area contributed by atoms with Crippen LogP contribution in [0.2, 0.25) is 0 Å². The van der Waals surface area contributed by atoms with Crippen LogP contribution in [0.25, 0.3) is 11.1 Å². The standard InChI is InChI=1S/C33H35F2N3O3/c1-3-28(37(22-10-5-4-6-11-22)30(39)19-21-16-17-25(34)26(35)18-21)33(41)38-29-15-9-14-27(36)31(29)24-13-8-7-12-23(24)20(2)32(38)40/h7-9,12-18,20,22,28H,3-6,10-11,19,36H2,1-2H3/t20?,28-/m0/s1. The van der Waals surface area contributed by atoms with Crippen molar-refractivity contribution in [2.75, 3.05) is 10.6 Å². The molecule has 1 heterocycles. The third-order valence-corrected chi connectivity index (χ3v) is 8.43. The lowest BCUT2D eigenvalue weighted by Crippen LogP contribution is -2.57. The van der Waals surface area contributed by atoms with Gasteiger partial charge in [0.05, 0.1) is 18.0 Å². The second kappa shape index (κ2) is 11.8. The molecule has 1 aliphatic heterocycles. The molecule has 41 heavy (non-hydrogen) atoms. The lowest BCUT2D eigenvalue weighted by Gasteiger charge is -2.41. The van der Waals surface area contributed by atoms with Gasteiger partial charge in [-0.1, -0.05) is 62.6 Å². The number of rotatable bonds is 6. The van der Waals surface area contributed by atoms with Crippen LogP contribution in [-0.4, -0.2) is 34.7 Å². The van der Waals surface area contributed by atoms with Gasteiger partial charge in [-0.25, -0.2) is 13.7 Å². The van der Waals surface area contributed by atoms with Crippen LogP contribution in [0.15, 0.2) is 60.7 Å². The fourth-order valence-electron chi connectivity index (χ4n) is 6.36. The fourth-order valence-corrected chi connectivity index (χ4v) is 6.36. The van der Waals surface area contributed by atoms with E-state index < -0.39 is 29.5 Å². The molecule has 8 heteroatoms. The van der Waals surface area contributed by atoms with Gasteiger partial charge >= 0.3 is 0 Å². The van der Waals surface area contributed by atoms with Crippen molar-refractivity contribution in [3.63, 3.8) is 0 Å². The summed E-state index contributed by atoms with van der Waals surface area (Å²) in [5.74, 6) is -3.87. The first-order chi connectivity index (χ1) is 19.7. The monoisotopic (exact) mass is 559 g/mol. The Morgan fingerprint density at radius 3 is 2.44 bits per heavy atom. The predicted octanol–water partition coefficient (Wildman–Crippen LogP) is 6.37. The van der Waals surface area contributed by atoms with Gasteiger partial charge in [0.25, 0.3) is 5.91 Å². The highest BCUT2D eigenvalue weighted by molar-refractivity contribution is 6.22. The average molecular weight is 560 g/mol. The van der Waals surface area contributed by atoms with Gasteiger partial charge in [-0.3, -0.25) is 14.4 Å². The summed E-state index contributed by atoms with van der Waals surface area (Å²) < 4.78 is 27.5. The highest BCUT2D eigenvalue weighted by Crippen LogP contribution is 2.44. The molecule has 6 nitrogen and oxygen atoms in total. The summed E-state index contributed by atoms with van der Waals surface area (Å²) in [6.45, 7) is 3.60. The van der Waals surface area contributed by atoms with Crippen LogP contribution in [0, 0.1) is 11.6 Å². The second-order valence-corrected chi connectivity index (χ2v) is 11.0. The Morgan fingerprint density at radius 2 is 1.73 bits per heavy atom. The summed E-state index contributed by atoms with van der Waals surface area (Å²) in [7, 11) is 0. The van der Waals surface area contributed by atoms with Crippen LogP contribution in [-0.2, 0) is 20.8 Å². The van der Waals surface area contributed by atoms with Crippen molar-refractivity contribution in [2.45, 2.75) is 76.8 Å². The van der Waals surface area contributed by atoms with Crippen molar-refractivity contribution < 1.29 is 23.2 Å². The molecule has 0 spiro atoms. The first-order valence-corrected chi connectivity index (χ1v) is 14.3. The number of benzene rings is 3. The number of nitrogens with zero attached hydrogens (tertiary/aromatic N) is 2. The summed E-state index contributed by atoms with van der Waals surface area (Å²) in [6.07, 6.45) is 4.42. The summed E-state index contributed by atoms with van der Waals surface area (Å²) >= 11 is 0. The number of carbonyl (C=O) groups excluding carboxylic acids is 3. The third-order valence-electron chi connectivity index (χ3n) is 8.43. The molecule has 3 amide bonds. The molecule has 2 atom stereocenters. The van der Waals surface area contributed by atoms with Crippen molar-refractivity contribution in [3.8, 4) is 11.1 Å². The van der Waals surface area contributed by atoms with Crippen LogP contribution >= 0.6 is 0 Å². The van der Waals surface area contributed by atoms with Gasteiger partial charge in [0.2, 0.25) is 11.8 Å². The summed E-state index contributed by atoms with van der Waals surface area (Å²) in [5, 5.41) is 0. The Hall–Kier alpha value is -4.07. The topological polar surface area (TPSA) is 83.7 Å². The molecule has 1 saturated carbocycles. The first kappa shape index (κ1) is 28.5. The number of hydrogen-bond acceptors (Lipinski definition) is 4. The Kier molecular flexibility index (Phi) is 8.20. The van der Waals surface area contributed by atoms with Crippen molar-refractivity contribution in [1.29, 1.82) is 0 Å². The van der Waals surface area contributed by atoms with Gasteiger partial charge in [0.1, 0.15) is 6.04 Å². The van der Waals surface area contributed by atoms with Crippen molar-refractivity contribution >= 4 is 29.1 Å². The van der Waals surface area contributed by atoms with Gasteiger partial charge in [-0.05, 0) is 67.1 Å². The van der Waals surface area contributed by atoms with E-state index in [9.17, 15) is 23.2 Å². The van der Waals surface area contributed by atoms with Gasteiger partial charge in [0, 0.05) is 17.3 Å². The molecule has 3 aromatic carbocycles. The van der Waals surface area contributed by atoms with Gasteiger partial charge in [-0.15, -0.1) is 0 Å². The van der Waals surface area contributed by atoms with E-state index in [1.54, 1.807) is 30.0 Å². The first-order valence-electron chi connectivity index (χ1n) is 14.3. The zero-order chi connectivity index (χ0) is 29.3. The Morgan fingerprint density at radius 1 is 1.00 bits per heavy atom. The number of nitrogens with two attached hydrogens (primary N) is 1. The van der Waals surface area contributed by atoms with Gasteiger partial charge in [-0.2, -0.15) is 0 Å². The van der Waals surface area contributed by atoms with Crippen LogP contribution in [0.3, 0.4) is 0 Å². The number of carbonyl (C=O) groups is 3. The Bertz CT molecular complexity index is 1480. The van der Waals surface area contributed by atoms with Crippen molar-refractivity contribution in [1.82, 2.24) is 4.90 Å². The van der Waals surface area contributed by atoms with E-state index in [2.05, 4.69) is 0 Å². The summed E-state index contributed by atoms with van der Waals surface area (Å²) in [6, 6.07) is 15.0. The van der Waals surface area contributed by atoms with E-state index in [-0.39, 0.29) is 30.7 Å². The average Bonchev–Trinajstić information content (AvgIpc) is 3.06. The zero-order valence-electron chi connectivity index (χ0n) is 23.4. The van der Waals surface area contributed by atoms with Crippen LogP contribution in [0.4, 0.5) is 20.2 Å². The lowest BCUT2D eigenvalue weighted by molar-refractivity contribution is -0.144. The maximum atomic E-state index is 14.6. The molecular weight excluding hydrogens is 524 g/mol. The number of amides is 3. The smallest absolute Gasteiger partial charge is 0.256 e. The molecule has 2 aliphatic rings. The molecule has 2 N–H and O–H groups in total. The molecule has 5 rings (SSSR count). The van der Waals surface area contributed by atoms with E-state index in [4.69, 9.17) is 5.73 Å². The van der Waals surface area contributed by atoms with E-state index >= 15 is 0 Å². The maximum absolute atomic E-state index is 14.6. The molecule has 1 unspecified atom stereocenters. The van der Waals surface area contributed by atoms with Crippen LogP contribution < -0.4 is 10.6 Å². The van der Waals surface area contributed by atoms with Gasteiger partial charge in [0.15, 0.2) is 11.6 Å². The zero-order valence-corrected chi connectivity index (χ0v) is 23.4. The molecule has 1 fully saturated rings. The van der Waals surface area contributed by atoms with E-state index in [1.165, 1.54) is 11.0 Å². The number of imide groups is 1. The molecule has 214 valence electrons. The highest BCUT2D eigenvalue weighted by Gasteiger charge is 2.42. The van der Waals surface area contributed by atoms with E-state index in [0.29, 0.717) is 22.5 Å². The Labute approximate surface area is 239 Å². The number of hydrogen-bond donors (Lipinski definition) is 1. The number of fused-ring (bicyclic) bond motifs is 3. The minimum Gasteiger partial charge on any atom is -0.398 e. The number of anilines is 2. The maximum Gasteiger partial charge on any atom is 0.256 e. The fraction of sp³-hybridized carbons (Fsp3) is 0.364. The SMILES string of the molecule is CC[C@@H](C(=O)N1C(=O)C(C)c2ccccc2-c2c(N)cccc21)N(C(=O)Cc1ccc(F)c(F)c1)C1CCCCC1. The van der Waals surface area contributed by atoms with Gasteiger partial charge < -0.3 is 10.6 Å². The molecule has 0 aromatic heterocycles. The predicted molar refractivity (Wildman–Crippen MR) is 155 cm³/mol. The highest BCUT2D eigenvalue weighted by atomic mass is 19.2. The number of halogens is 2. The normalized spacial score (nSPS) is 17.8. The van der Waals surface area contributed by atoms with Crippen molar-refractivity contribution in [3.05, 3.63) is 83.4 Å². The van der Waals surface area contributed by atoms with E-state index in [0.717, 1.165) is 55.4 Å². The minimum absolute atomic E-state index is 0.184. The summed E-state index contributed by atoms with van der Waals surface area (Å²) in [4.78, 5) is 45.4. The number of nitrogen functional groups attached to an aromatic ring is 1. The minimum atomic E-state index is -1.03. The summed E-state index contributed by atoms with van der Waals surface area (Å²) in [5.41, 5.74) is 9.80. The molecule has 0 radical (unpaired) electrons. The second-order valence-electron chi connectivity index (χ2n) is 11.0. The van der Waals surface area contributed by atoms with Crippen LogP contribution in [0.1, 0.15) is 69.4 Å².